The Morgan fingerprint density at radius 2 is 1.58 bits per heavy atom. The van der Waals surface area contributed by atoms with E-state index in [4.69, 9.17) is 18.6 Å². The molecule has 0 fully saturated rings. The SMILES string of the molecule is CCCN1C(=CC=C2CCCC(C=CC(Cn3ccc4ccccc43)C(C)C)=C2Sc2ccccc2)C(C)(C)c2ccccc21.[O-][Cl+3]([O-])([O-])O. The molecule has 1 N–H and O–H groups in total. The van der Waals surface area contributed by atoms with E-state index in [1.54, 1.807) is 0 Å². The Bertz CT molecular complexity index is 1860. The van der Waals surface area contributed by atoms with Crippen LogP contribution in [0.5, 0.6) is 0 Å². The van der Waals surface area contributed by atoms with Gasteiger partial charge in [-0.05, 0) is 96.0 Å². The molecule has 0 amide bonds. The zero-order valence-corrected chi connectivity index (χ0v) is 31.3. The van der Waals surface area contributed by atoms with Crippen molar-refractivity contribution in [2.45, 2.75) is 77.2 Å². The van der Waals surface area contributed by atoms with Gasteiger partial charge in [-0.2, -0.15) is 14.0 Å². The van der Waals surface area contributed by atoms with E-state index in [0.717, 1.165) is 32.4 Å². The fourth-order valence-corrected chi connectivity index (χ4v) is 8.14. The molecule has 50 heavy (non-hydrogen) atoms. The van der Waals surface area contributed by atoms with Gasteiger partial charge in [0.15, 0.2) is 0 Å². The summed E-state index contributed by atoms with van der Waals surface area (Å²) < 4.78 is 35.2. The lowest BCUT2D eigenvalue weighted by molar-refractivity contribution is -1.92. The Kier molecular flexibility index (Phi) is 12.5. The molecule has 6 rings (SSSR count). The first kappa shape index (κ1) is 37.7. The van der Waals surface area contributed by atoms with E-state index in [0.29, 0.717) is 11.8 Å². The van der Waals surface area contributed by atoms with Crippen molar-refractivity contribution in [1.82, 2.24) is 4.57 Å². The molecule has 1 aliphatic heterocycles. The average Bonchev–Trinajstić information content (AvgIpc) is 3.58. The Morgan fingerprint density at radius 3 is 2.30 bits per heavy atom. The van der Waals surface area contributed by atoms with Gasteiger partial charge in [-0.15, -0.1) is 0 Å². The van der Waals surface area contributed by atoms with Crippen molar-refractivity contribution in [3.05, 3.63) is 143 Å². The first-order valence-electron chi connectivity index (χ1n) is 17.5. The van der Waals surface area contributed by atoms with E-state index in [1.165, 1.54) is 55.2 Å². The minimum absolute atomic E-state index is 0.0240. The van der Waals surface area contributed by atoms with Crippen molar-refractivity contribution in [2.75, 3.05) is 11.4 Å². The number of thioether (sulfide) groups is 1. The van der Waals surface area contributed by atoms with Crippen molar-refractivity contribution in [3.8, 4) is 0 Å². The fourth-order valence-electron chi connectivity index (χ4n) is 7.00. The number of nitrogens with zero attached hydrogens (tertiary/aromatic N) is 2. The van der Waals surface area contributed by atoms with E-state index in [9.17, 15) is 0 Å². The van der Waals surface area contributed by atoms with Gasteiger partial charge in [0.05, 0.1) is 14.9 Å². The minimum Gasteiger partial charge on any atom is -0.347 e. The molecule has 1 atom stereocenters. The lowest BCUT2D eigenvalue weighted by Crippen LogP contribution is -2.58. The molecular weight excluding hydrogens is 664 g/mol. The molecule has 8 heteroatoms. The van der Waals surface area contributed by atoms with Gasteiger partial charge >= 0.3 is 0 Å². The highest BCUT2D eigenvalue weighted by Gasteiger charge is 2.39. The molecule has 0 radical (unpaired) electrons. The standard InChI is InChI=1S/C42H48N2S.ClHO4/c1-6-28-44-39-22-13-11-20-37(39)42(4,5)40(44)26-25-34-17-14-16-33(41(34)45-36-18-8-7-9-19-36)23-24-35(31(2)3)30-43-29-27-32-15-10-12-21-38(32)43;2-1(3,4)5/h7-13,15,18-27,29,31,35H,6,14,16-17,28,30H2,1-5H3;(H,2,3,4,5). The van der Waals surface area contributed by atoms with Crippen molar-refractivity contribution in [3.63, 3.8) is 0 Å². The molecule has 1 aromatic heterocycles. The second-order valence-electron chi connectivity index (χ2n) is 13.9. The van der Waals surface area contributed by atoms with Crippen LogP contribution in [0.2, 0.25) is 0 Å². The van der Waals surface area contributed by atoms with Crippen LogP contribution in [0, 0.1) is 22.1 Å². The Balaban J connectivity index is 0.000000908. The summed E-state index contributed by atoms with van der Waals surface area (Å²) >= 11 is 1.94. The number of hydrogen-bond donors (Lipinski definition) is 1. The minimum atomic E-state index is -4.69. The monoisotopic (exact) mass is 712 g/mol. The van der Waals surface area contributed by atoms with Crippen LogP contribution in [0.1, 0.15) is 65.9 Å². The predicted octanol–water partition coefficient (Wildman–Crippen LogP) is 7.59. The van der Waals surface area contributed by atoms with Gasteiger partial charge in [0.25, 0.3) is 0 Å². The molecule has 0 bridgehead atoms. The third kappa shape index (κ3) is 9.40. The molecule has 6 nitrogen and oxygen atoms in total. The molecule has 2 heterocycles. The zero-order valence-electron chi connectivity index (χ0n) is 29.7. The maximum atomic E-state index is 8.60. The van der Waals surface area contributed by atoms with Gasteiger partial charge in [0.2, 0.25) is 0 Å². The molecule has 0 spiro atoms. The quantitative estimate of drug-likeness (QED) is 0.182. The number of aromatic nitrogens is 1. The molecular formula is C42H49ClN2O4S. The van der Waals surface area contributed by atoms with Gasteiger partial charge in [0.1, 0.15) is 0 Å². The number of rotatable bonds is 10. The van der Waals surface area contributed by atoms with Crippen LogP contribution in [0.3, 0.4) is 0 Å². The third-order valence-corrected chi connectivity index (χ3v) is 10.9. The topological polar surface area (TPSA) is 97.6 Å². The van der Waals surface area contributed by atoms with Crippen LogP contribution in [0.15, 0.2) is 142 Å². The Hall–Kier alpha value is -3.56. The summed E-state index contributed by atoms with van der Waals surface area (Å²) in [6.07, 6.45) is 16.7. The molecule has 264 valence electrons. The highest BCUT2D eigenvalue weighted by molar-refractivity contribution is 8.03. The summed E-state index contributed by atoms with van der Waals surface area (Å²) in [4.78, 5) is 5.30. The van der Waals surface area contributed by atoms with Crippen LogP contribution in [0.25, 0.3) is 10.9 Å². The number of anilines is 1. The molecule has 1 unspecified atom stereocenters. The van der Waals surface area contributed by atoms with Gasteiger partial charge in [-0.3, -0.25) is 0 Å². The van der Waals surface area contributed by atoms with E-state index in [-0.39, 0.29) is 5.41 Å². The number of benzene rings is 3. The Labute approximate surface area is 303 Å². The molecule has 2 aliphatic rings. The molecule has 3 aromatic carbocycles. The van der Waals surface area contributed by atoms with Crippen molar-refractivity contribution in [1.29, 1.82) is 0 Å². The predicted molar refractivity (Wildman–Crippen MR) is 198 cm³/mol. The van der Waals surface area contributed by atoms with Gasteiger partial charge in [0, 0.05) is 51.4 Å². The van der Waals surface area contributed by atoms with Crippen molar-refractivity contribution < 1.29 is 28.9 Å². The number of para-hydroxylation sites is 2. The van der Waals surface area contributed by atoms with Gasteiger partial charge in [-0.25, -0.2) is 0 Å². The largest absolute Gasteiger partial charge is 0.347 e. The smallest absolute Gasteiger partial charge is 0.0777 e. The normalized spacial score (nSPS) is 18.3. The Morgan fingerprint density at radius 1 is 0.900 bits per heavy atom. The summed E-state index contributed by atoms with van der Waals surface area (Å²) in [6.45, 7) is 13.8. The van der Waals surface area contributed by atoms with Crippen molar-refractivity contribution in [2.24, 2.45) is 11.8 Å². The van der Waals surface area contributed by atoms with E-state index >= 15 is 0 Å². The summed E-state index contributed by atoms with van der Waals surface area (Å²) in [6, 6.07) is 30.9. The highest BCUT2D eigenvalue weighted by Crippen LogP contribution is 2.48. The maximum Gasteiger partial charge on any atom is 0.0777 e. The number of allylic oxidation sites excluding steroid dienone is 7. The molecule has 0 saturated heterocycles. The molecule has 0 saturated carbocycles. The second-order valence-corrected chi connectivity index (χ2v) is 15.7. The van der Waals surface area contributed by atoms with Crippen LogP contribution >= 0.6 is 11.8 Å². The summed E-state index contributed by atoms with van der Waals surface area (Å²) in [5.41, 5.74) is 8.43. The first-order valence-corrected chi connectivity index (χ1v) is 19.5. The number of hydrogen-bond acceptors (Lipinski definition) is 6. The zero-order chi connectivity index (χ0) is 35.9. The van der Waals surface area contributed by atoms with Crippen LogP contribution < -0.4 is 18.9 Å². The molecule has 1 aliphatic carbocycles. The van der Waals surface area contributed by atoms with E-state index < -0.39 is 10.2 Å². The average molecular weight is 713 g/mol. The van der Waals surface area contributed by atoms with E-state index in [2.05, 4.69) is 160 Å². The third-order valence-electron chi connectivity index (χ3n) is 9.62. The summed E-state index contributed by atoms with van der Waals surface area (Å²) in [5, 5.41) is 1.32. The maximum absolute atomic E-state index is 8.60. The fraction of sp³-hybridized carbons (Fsp3) is 0.333. The van der Waals surface area contributed by atoms with Crippen LogP contribution in [-0.4, -0.2) is 15.8 Å². The lowest BCUT2D eigenvalue weighted by Gasteiger charge is -2.27. The number of halogens is 1. The summed E-state index contributed by atoms with van der Waals surface area (Å²) in [5.74, 6) is 1.00. The highest BCUT2D eigenvalue weighted by atomic mass is 35.7. The van der Waals surface area contributed by atoms with E-state index in [1.807, 2.05) is 11.8 Å². The van der Waals surface area contributed by atoms with Crippen molar-refractivity contribution >= 4 is 28.4 Å². The van der Waals surface area contributed by atoms with Gasteiger partial charge < -0.3 is 9.47 Å². The number of fused-ring (bicyclic) bond motifs is 2. The van der Waals surface area contributed by atoms with Gasteiger partial charge in [-0.1, -0.05) is 119 Å². The first-order chi connectivity index (χ1) is 23.9. The lowest BCUT2D eigenvalue weighted by atomic mass is 9.83. The van der Waals surface area contributed by atoms with Crippen LogP contribution in [-0.2, 0) is 12.0 Å². The van der Waals surface area contributed by atoms with Crippen LogP contribution in [0.4, 0.5) is 5.69 Å². The summed E-state index contributed by atoms with van der Waals surface area (Å²) in [7, 11) is -4.69. The second kappa shape index (κ2) is 16.6. The molecule has 4 aromatic rings.